The number of rotatable bonds is 47. The largest absolute Gasteiger partial charge is 0.462 e. The van der Waals surface area contributed by atoms with Crippen molar-refractivity contribution in [3.63, 3.8) is 0 Å². The van der Waals surface area contributed by atoms with E-state index in [-0.39, 0.29) is 31.1 Å². The Kier molecular flexibility index (Phi) is 47.9. The Hall–Kier alpha value is -2.63. The fourth-order valence-electron chi connectivity index (χ4n) is 7.45. The Bertz CT molecular complexity index is 1070. The van der Waals surface area contributed by atoms with E-state index in [2.05, 4.69) is 69.4 Å². The predicted octanol–water partition coefficient (Wildman–Crippen LogP) is 17.1. The summed E-state index contributed by atoms with van der Waals surface area (Å²) < 4.78 is 16.8. The maximum absolute atomic E-state index is 12.8. The highest BCUT2D eigenvalue weighted by atomic mass is 16.6. The Morgan fingerprint density at radius 3 is 0.951 bits per heavy atom. The Labute approximate surface area is 378 Å². The van der Waals surface area contributed by atoms with Gasteiger partial charge in [0, 0.05) is 19.3 Å². The second-order valence-electron chi connectivity index (χ2n) is 17.5. The maximum atomic E-state index is 12.8. The topological polar surface area (TPSA) is 78.9 Å². The van der Waals surface area contributed by atoms with Gasteiger partial charge in [0.25, 0.3) is 0 Å². The van der Waals surface area contributed by atoms with Crippen LogP contribution in [0.25, 0.3) is 0 Å². The molecule has 0 radical (unpaired) electrons. The second kappa shape index (κ2) is 50.0. The van der Waals surface area contributed by atoms with Gasteiger partial charge in [0.2, 0.25) is 0 Å². The summed E-state index contributed by atoms with van der Waals surface area (Å²) in [5.41, 5.74) is 0. The van der Waals surface area contributed by atoms with Crippen molar-refractivity contribution in [1.82, 2.24) is 0 Å². The highest BCUT2D eigenvalue weighted by Crippen LogP contribution is 2.16. The van der Waals surface area contributed by atoms with Crippen LogP contribution in [0, 0.1) is 0 Å². The summed E-state index contributed by atoms with van der Waals surface area (Å²) in [6.07, 6.45) is 59.4. The van der Waals surface area contributed by atoms with Crippen LogP contribution < -0.4 is 0 Å². The van der Waals surface area contributed by atoms with Gasteiger partial charge in [0.05, 0.1) is 0 Å². The number of allylic oxidation sites excluding steroid dienone is 8. The van der Waals surface area contributed by atoms with Crippen LogP contribution in [0.2, 0.25) is 0 Å². The second-order valence-corrected chi connectivity index (χ2v) is 17.5. The number of carbonyl (C=O) groups excluding carboxylic acids is 3. The number of unbranched alkanes of at least 4 members (excludes halogenated alkanes) is 31. The van der Waals surface area contributed by atoms with Crippen molar-refractivity contribution in [3.8, 4) is 0 Å². The van der Waals surface area contributed by atoms with Crippen LogP contribution in [0.5, 0.6) is 0 Å². The van der Waals surface area contributed by atoms with Crippen LogP contribution >= 0.6 is 0 Å². The molecule has 0 aliphatic rings. The molecule has 0 aromatic carbocycles. The van der Waals surface area contributed by atoms with Crippen molar-refractivity contribution in [2.24, 2.45) is 0 Å². The van der Waals surface area contributed by atoms with Gasteiger partial charge in [-0.1, -0.05) is 249 Å². The fourth-order valence-corrected chi connectivity index (χ4v) is 7.45. The van der Waals surface area contributed by atoms with Crippen molar-refractivity contribution in [1.29, 1.82) is 0 Å². The lowest BCUT2D eigenvalue weighted by Gasteiger charge is -2.18. The zero-order chi connectivity index (χ0) is 44.4. The summed E-state index contributed by atoms with van der Waals surface area (Å²) in [5, 5.41) is 0. The quantitative estimate of drug-likeness (QED) is 0.0263. The molecule has 1 unspecified atom stereocenters. The van der Waals surface area contributed by atoms with Gasteiger partial charge < -0.3 is 14.2 Å². The number of esters is 3. The number of ether oxygens (including phenoxy) is 3. The molecular formula is C55H98O6. The van der Waals surface area contributed by atoms with Gasteiger partial charge in [-0.2, -0.15) is 0 Å². The van der Waals surface area contributed by atoms with Gasteiger partial charge >= 0.3 is 17.9 Å². The maximum Gasteiger partial charge on any atom is 0.306 e. The summed E-state index contributed by atoms with van der Waals surface area (Å²) in [7, 11) is 0. The van der Waals surface area contributed by atoms with E-state index in [1.807, 2.05) is 0 Å². The average Bonchev–Trinajstić information content (AvgIpc) is 3.26. The molecule has 0 fully saturated rings. The van der Waals surface area contributed by atoms with E-state index >= 15 is 0 Å². The first-order valence-electron chi connectivity index (χ1n) is 26.2. The molecule has 6 heteroatoms. The summed E-state index contributed by atoms with van der Waals surface area (Å²) in [5.74, 6) is -0.893. The highest BCUT2D eigenvalue weighted by Gasteiger charge is 2.19. The van der Waals surface area contributed by atoms with E-state index in [9.17, 15) is 14.4 Å². The minimum atomic E-state index is -0.777. The molecule has 0 amide bonds. The smallest absolute Gasteiger partial charge is 0.306 e. The third-order valence-electron chi connectivity index (χ3n) is 11.4. The molecule has 61 heavy (non-hydrogen) atoms. The molecule has 6 nitrogen and oxygen atoms in total. The van der Waals surface area contributed by atoms with Crippen LogP contribution in [0.3, 0.4) is 0 Å². The molecule has 354 valence electrons. The molecule has 1 atom stereocenters. The lowest BCUT2D eigenvalue weighted by molar-refractivity contribution is -0.167. The first-order valence-corrected chi connectivity index (χ1v) is 26.2. The highest BCUT2D eigenvalue weighted by molar-refractivity contribution is 5.71. The molecule has 0 N–H and O–H groups in total. The van der Waals surface area contributed by atoms with E-state index in [1.165, 1.54) is 141 Å². The lowest BCUT2D eigenvalue weighted by atomic mass is 10.0. The summed E-state index contributed by atoms with van der Waals surface area (Å²) >= 11 is 0. The molecule has 0 aliphatic carbocycles. The summed E-state index contributed by atoms with van der Waals surface area (Å²) in [4.78, 5) is 37.9. The Morgan fingerprint density at radius 1 is 0.328 bits per heavy atom. The van der Waals surface area contributed by atoms with Crippen LogP contribution in [-0.2, 0) is 28.6 Å². The van der Waals surface area contributed by atoms with E-state index in [4.69, 9.17) is 14.2 Å². The minimum Gasteiger partial charge on any atom is -0.462 e. The van der Waals surface area contributed by atoms with Crippen molar-refractivity contribution in [2.75, 3.05) is 13.2 Å². The molecule has 0 aromatic heterocycles. The number of hydrogen-bond donors (Lipinski definition) is 0. The molecule has 0 spiro atoms. The average molecular weight is 855 g/mol. The van der Waals surface area contributed by atoms with Crippen molar-refractivity contribution >= 4 is 17.9 Å². The van der Waals surface area contributed by atoms with Gasteiger partial charge in [0.15, 0.2) is 6.10 Å². The van der Waals surface area contributed by atoms with Crippen LogP contribution in [-0.4, -0.2) is 37.2 Å². The van der Waals surface area contributed by atoms with Crippen molar-refractivity contribution in [3.05, 3.63) is 48.6 Å². The first kappa shape index (κ1) is 58.4. The lowest BCUT2D eigenvalue weighted by Crippen LogP contribution is -2.30. The Morgan fingerprint density at radius 2 is 0.590 bits per heavy atom. The van der Waals surface area contributed by atoms with Gasteiger partial charge in [-0.3, -0.25) is 14.4 Å². The van der Waals surface area contributed by atoms with Gasteiger partial charge in [0.1, 0.15) is 13.2 Å². The van der Waals surface area contributed by atoms with Crippen LogP contribution in [0.1, 0.15) is 265 Å². The van der Waals surface area contributed by atoms with E-state index < -0.39 is 6.10 Å². The van der Waals surface area contributed by atoms with Crippen molar-refractivity contribution < 1.29 is 28.6 Å². The molecule has 0 rings (SSSR count). The van der Waals surface area contributed by atoms with Gasteiger partial charge in [-0.25, -0.2) is 0 Å². The molecule has 0 saturated heterocycles. The molecular weight excluding hydrogens is 757 g/mol. The van der Waals surface area contributed by atoms with Crippen LogP contribution in [0.4, 0.5) is 0 Å². The minimum absolute atomic E-state index is 0.0774. The number of hydrogen-bond acceptors (Lipinski definition) is 6. The van der Waals surface area contributed by atoms with Crippen LogP contribution in [0.15, 0.2) is 48.6 Å². The zero-order valence-corrected chi connectivity index (χ0v) is 40.4. The molecule has 0 aliphatic heterocycles. The molecule has 0 bridgehead atoms. The Balaban J connectivity index is 4.37. The zero-order valence-electron chi connectivity index (χ0n) is 40.4. The van der Waals surface area contributed by atoms with Gasteiger partial charge in [-0.15, -0.1) is 0 Å². The summed E-state index contributed by atoms with van der Waals surface area (Å²) in [6.45, 7) is 6.59. The SMILES string of the molecule is CCCCC\C=C/C=C\C=C/C=C\CCCCCCCC(=O)OCC(COC(=O)CCCCCCCCCCCC)OC(=O)CCCCCCCCCCCCCCCCC. The fraction of sp³-hybridized carbons (Fsp3) is 0.800. The van der Waals surface area contributed by atoms with Crippen molar-refractivity contribution in [2.45, 2.75) is 271 Å². The van der Waals surface area contributed by atoms with E-state index in [1.54, 1.807) is 0 Å². The third kappa shape index (κ3) is 48.3. The summed E-state index contributed by atoms with van der Waals surface area (Å²) in [6, 6.07) is 0. The monoisotopic (exact) mass is 855 g/mol. The third-order valence-corrected chi connectivity index (χ3v) is 11.4. The molecule has 0 aromatic rings. The van der Waals surface area contributed by atoms with Gasteiger partial charge in [-0.05, 0) is 44.9 Å². The standard InChI is InChI=1S/C55H98O6/c1-4-7-10-13-16-19-22-24-26-27-28-30-31-33-36-39-42-45-48-54(57)60-51-52(50-59-53(56)47-44-41-38-35-21-18-15-12-9-6-3)61-55(58)49-46-43-40-37-34-32-29-25-23-20-17-14-11-8-5-2/h16,19,22,24,26-28,30,52H,4-15,17-18,20-21,23,25,29,31-51H2,1-3H3/b19-16-,24-22-,27-26-,30-28-. The molecule has 0 saturated carbocycles. The van der Waals surface area contributed by atoms with E-state index in [0.717, 1.165) is 83.5 Å². The molecule has 0 heterocycles. The van der Waals surface area contributed by atoms with E-state index in [0.29, 0.717) is 19.3 Å². The number of carbonyl (C=O) groups is 3. The predicted molar refractivity (Wildman–Crippen MR) is 261 cm³/mol. The normalized spacial score (nSPS) is 12.4. The first-order chi connectivity index (χ1) is 30.0.